The largest absolute Gasteiger partial charge is 0.483 e. The van der Waals surface area contributed by atoms with Gasteiger partial charge in [0.1, 0.15) is 22.7 Å². The summed E-state index contributed by atoms with van der Waals surface area (Å²) in [4.78, 5) is 4.70. The van der Waals surface area contributed by atoms with Crippen LogP contribution in [0.4, 0.5) is 0 Å². The van der Waals surface area contributed by atoms with E-state index in [1.54, 1.807) is 0 Å². The Morgan fingerprint density at radius 1 is 1.10 bits per heavy atom. The molecule has 2 aromatic carbocycles. The summed E-state index contributed by atoms with van der Waals surface area (Å²) in [5.41, 5.74) is 2.91. The van der Waals surface area contributed by atoms with E-state index in [1.807, 2.05) is 48.5 Å². The van der Waals surface area contributed by atoms with Crippen molar-refractivity contribution in [3.63, 3.8) is 0 Å². The molecule has 1 aliphatic heterocycles. The maximum Gasteiger partial charge on any atom is 0.153 e. The summed E-state index contributed by atoms with van der Waals surface area (Å²) in [5, 5.41) is 0.715. The van der Waals surface area contributed by atoms with Gasteiger partial charge in [0.15, 0.2) is 5.82 Å². The van der Waals surface area contributed by atoms with Crippen LogP contribution in [0.15, 0.2) is 53.1 Å². The molecule has 0 spiro atoms. The van der Waals surface area contributed by atoms with Gasteiger partial charge in [0.25, 0.3) is 0 Å². The number of benzene rings is 2. The van der Waals surface area contributed by atoms with Crippen molar-refractivity contribution >= 4 is 27.5 Å². The number of hydrogen-bond donors (Lipinski definition) is 0. The molecule has 0 saturated heterocycles. The molecule has 1 aliphatic rings. The lowest BCUT2D eigenvalue weighted by Gasteiger charge is -2.19. The van der Waals surface area contributed by atoms with Crippen LogP contribution >= 0.6 is 27.5 Å². The summed E-state index contributed by atoms with van der Waals surface area (Å²) in [6, 6.07) is 15.6. The normalized spacial score (nSPS) is 12.5. The van der Waals surface area contributed by atoms with Crippen LogP contribution < -0.4 is 4.74 Å². The zero-order chi connectivity index (χ0) is 14.4. The van der Waals surface area contributed by atoms with Crippen molar-refractivity contribution < 1.29 is 4.74 Å². The van der Waals surface area contributed by atoms with Gasteiger partial charge < -0.3 is 4.74 Å². The van der Waals surface area contributed by atoms with Gasteiger partial charge in [-0.25, -0.2) is 4.98 Å². The SMILES string of the molecule is Clc1ccc(-c2nc3n(c2Br)-c2ccccc2OC3)cc1. The van der Waals surface area contributed by atoms with Crippen molar-refractivity contribution in [2.75, 3.05) is 0 Å². The van der Waals surface area contributed by atoms with Gasteiger partial charge in [-0.05, 0) is 40.2 Å². The van der Waals surface area contributed by atoms with Crippen LogP contribution in [0.2, 0.25) is 5.02 Å². The van der Waals surface area contributed by atoms with Crippen molar-refractivity contribution in [3.8, 4) is 22.7 Å². The Bertz CT molecular complexity index is 827. The van der Waals surface area contributed by atoms with Gasteiger partial charge in [0.05, 0.1) is 5.69 Å². The zero-order valence-electron chi connectivity index (χ0n) is 10.9. The molecule has 0 unspecified atom stereocenters. The molecule has 21 heavy (non-hydrogen) atoms. The van der Waals surface area contributed by atoms with Crippen molar-refractivity contribution in [1.29, 1.82) is 0 Å². The molecule has 2 heterocycles. The van der Waals surface area contributed by atoms with Gasteiger partial charge in [-0.3, -0.25) is 4.57 Å². The molecular formula is C16H10BrClN2O. The highest BCUT2D eigenvalue weighted by Gasteiger charge is 2.23. The molecule has 0 amide bonds. The monoisotopic (exact) mass is 360 g/mol. The summed E-state index contributed by atoms with van der Waals surface area (Å²) in [6.07, 6.45) is 0. The van der Waals surface area contributed by atoms with E-state index in [4.69, 9.17) is 21.3 Å². The number of aromatic nitrogens is 2. The Morgan fingerprint density at radius 3 is 2.67 bits per heavy atom. The summed E-state index contributed by atoms with van der Waals surface area (Å²) in [7, 11) is 0. The number of imidazole rings is 1. The zero-order valence-corrected chi connectivity index (χ0v) is 13.2. The molecular weight excluding hydrogens is 352 g/mol. The summed E-state index contributed by atoms with van der Waals surface area (Å²) in [5.74, 6) is 1.75. The Kier molecular flexibility index (Phi) is 3.01. The van der Waals surface area contributed by atoms with Gasteiger partial charge in [0, 0.05) is 10.6 Å². The first-order valence-electron chi connectivity index (χ1n) is 6.49. The lowest BCUT2D eigenvalue weighted by Crippen LogP contribution is -2.12. The Balaban J connectivity index is 1.91. The third-order valence-electron chi connectivity index (χ3n) is 3.47. The number of halogens is 2. The minimum Gasteiger partial charge on any atom is -0.483 e. The number of para-hydroxylation sites is 2. The second-order valence-corrected chi connectivity index (χ2v) is 5.95. The maximum atomic E-state index is 5.95. The average Bonchev–Trinajstić information content (AvgIpc) is 2.86. The van der Waals surface area contributed by atoms with Crippen LogP contribution in [0.5, 0.6) is 5.75 Å². The summed E-state index contributed by atoms with van der Waals surface area (Å²) in [6.45, 7) is 0.462. The predicted molar refractivity (Wildman–Crippen MR) is 86.0 cm³/mol. The standard InChI is InChI=1S/C16H10BrClN2O/c17-16-15(10-5-7-11(18)8-6-10)19-14-9-21-13-4-2-1-3-12(13)20(14)16/h1-8H,9H2. The smallest absolute Gasteiger partial charge is 0.153 e. The van der Waals surface area contributed by atoms with E-state index in [1.165, 1.54) is 0 Å². The van der Waals surface area contributed by atoms with Gasteiger partial charge >= 0.3 is 0 Å². The summed E-state index contributed by atoms with van der Waals surface area (Å²) >= 11 is 9.62. The highest BCUT2D eigenvalue weighted by molar-refractivity contribution is 9.10. The van der Waals surface area contributed by atoms with Crippen LogP contribution in [0.1, 0.15) is 5.82 Å². The fourth-order valence-corrected chi connectivity index (χ4v) is 3.32. The van der Waals surface area contributed by atoms with Gasteiger partial charge in [-0.1, -0.05) is 35.9 Å². The molecule has 0 N–H and O–H groups in total. The first-order chi connectivity index (χ1) is 10.2. The van der Waals surface area contributed by atoms with Crippen LogP contribution in [-0.2, 0) is 6.61 Å². The van der Waals surface area contributed by atoms with Crippen molar-refractivity contribution in [3.05, 3.63) is 64.0 Å². The molecule has 0 atom stereocenters. The third kappa shape index (κ3) is 2.06. The van der Waals surface area contributed by atoms with E-state index < -0.39 is 0 Å². The van der Waals surface area contributed by atoms with E-state index in [-0.39, 0.29) is 0 Å². The van der Waals surface area contributed by atoms with Crippen molar-refractivity contribution in [2.24, 2.45) is 0 Å². The second-order valence-electron chi connectivity index (χ2n) is 4.77. The molecule has 3 aromatic rings. The average molecular weight is 362 g/mol. The molecule has 0 aliphatic carbocycles. The van der Waals surface area contributed by atoms with Gasteiger partial charge in [-0.15, -0.1) is 0 Å². The molecule has 0 fully saturated rings. The molecule has 4 rings (SSSR count). The first kappa shape index (κ1) is 12.9. The fourth-order valence-electron chi connectivity index (χ4n) is 2.48. The number of ether oxygens (including phenoxy) is 1. The van der Waals surface area contributed by atoms with E-state index in [2.05, 4.69) is 20.5 Å². The van der Waals surface area contributed by atoms with E-state index in [0.717, 1.165) is 33.1 Å². The molecule has 0 bridgehead atoms. The highest BCUT2D eigenvalue weighted by atomic mass is 79.9. The quantitative estimate of drug-likeness (QED) is 0.619. The Labute approximate surface area is 135 Å². The lowest BCUT2D eigenvalue weighted by atomic mass is 10.2. The van der Waals surface area contributed by atoms with Gasteiger partial charge in [-0.2, -0.15) is 0 Å². The lowest BCUT2D eigenvalue weighted by molar-refractivity contribution is 0.279. The highest BCUT2D eigenvalue weighted by Crippen LogP contribution is 2.37. The van der Waals surface area contributed by atoms with Crippen LogP contribution in [-0.4, -0.2) is 9.55 Å². The molecule has 1 aromatic heterocycles. The number of nitrogens with zero attached hydrogens (tertiary/aromatic N) is 2. The van der Waals surface area contributed by atoms with Crippen LogP contribution in [0.3, 0.4) is 0 Å². The van der Waals surface area contributed by atoms with E-state index in [9.17, 15) is 0 Å². The predicted octanol–water partition coefficient (Wildman–Crippen LogP) is 4.85. The molecule has 0 saturated carbocycles. The second kappa shape index (κ2) is 4.90. The third-order valence-corrected chi connectivity index (χ3v) is 4.45. The minimum atomic E-state index is 0.462. The van der Waals surface area contributed by atoms with E-state index >= 15 is 0 Å². The van der Waals surface area contributed by atoms with Gasteiger partial charge in [0.2, 0.25) is 0 Å². The topological polar surface area (TPSA) is 27.1 Å². The molecule has 3 nitrogen and oxygen atoms in total. The van der Waals surface area contributed by atoms with Crippen LogP contribution in [0.25, 0.3) is 16.9 Å². The first-order valence-corrected chi connectivity index (χ1v) is 7.66. The number of rotatable bonds is 1. The number of hydrogen-bond acceptors (Lipinski definition) is 2. The van der Waals surface area contributed by atoms with Crippen molar-refractivity contribution in [2.45, 2.75) is 6.61 Å². The molecule has 104 valence electrons. The Morgan fingerprint density at radius 2 is 1.86 bits per heavy atom. The molecule has 5 heteroatoms. The fraction of sp³-hybridized carbons (Fsp3) is 0.0625. The Hall–Kier alpha value is -1.78. The summed E-state index contributed by atoms with van der Waals surface area (Å²) < 4.78 is 8.76. The molecule has 0 radical (unpaired) electrons. The van der Waals surface area contributed by atoms with Crippen LogP contribution in [0, 0.1) is 0 Å². The van der Waals surface area contributed by atoms with E-state index in [0.29, 0.717) is 11.6 Å². The minimum absolute atomic E-state index is 0.462. The maximum absolute atomic E-state index is 5.95. The number of fused-ring (bicyclic) bond motifs is 3. The van der Waals surface area contributed by atoms with Crippen molar-refractivity contribution in [1.82, 2.24) is 9.55 Å².